The van der Waals surface area contributed by atoms with E-state index in [4.69, 9.17) is 5.11 Å². The van der Waals surface area contributed by atoms with E-state index in [1.54, 1.807) is 4.90 Å². The first kappa shape index (κ1) is 13.8. The molecule has 0 unspecified atom stereocenters. The van der Waals surface area contributed by atoms with E-state index in [-0.39, 0.29) is 18.7 Å². The molecule has 2 rings (SSSR count). The highest BCUT2D eigenvalue weighted by molar-refractivity contribution is 5.73. The first-order valence-electron chi connectivity index (χ1n) is 5.79. The van der Waals surface area contributed by atoms with E-state index in [1.165, 1.54) is 0 Å². The third kappa shape index (κ3) is 3.24. The topological polar surface area (TPSA) is 52.6 Å². The molecular weight excluding hydrogens is 261 g/mol. The van der Waals surface area contributed by atoms with Gasteiger partial charge in [-0.1, -0.05) is 0 Å². The molecule has 1 saturated heterocycles. The van der Waals surface area contributed by atoms with Gasteiger partial charge in [-0.05, 0) is 6.07 Å². The van der Waals surface area contributed by atoms with E-state index in [0.29, 0.717) is 19.2 Å². The predicted octanol–water partition coefficient (Wildman–Crippen LogP) is 0.962. The number of aliphatic carboxylic acids is 1. The Morgan fingerprint density at radius 1 is 1.42 bits per heavy atom. The monoisotopic (exact) mass is 274 g/mol. The van der Waals surface area contributed by atoms with Gasteiger partial charge in [0.2, 0.25) is 0 Å². The largest absolute Gasteiger partial charge is 0.480 e. The number of carboxylic acid groups (broad SMARTS) is 1. The lowest BCUT2D eigenvalue weighted by atomic mass is 10.1. The number of piperazine rings is 1. The number of rotatable bonds is 3. The van der Waals surface area contributed by atoms with Gasteiger partial charge in [0.25, 0.3) is 0 Å². The molecule has 0 bridgehead atoms. The zero-order valence-electron chi connectivity index (χ0n) is 10.00. The third-order valence-corrected chi connectivity index (χ3v) is 3.02. The van der Waals surface area contributed by atoms with Crippen LogP contribution in [0.25, 0.3) is 0 Å². The summed E-state index contributed by atoms with van der Waals surface area (Å²) in [6.07, 6.45) is 0. The fourth-order valence-corrected chi connectivity index (χ4v) is 2.09. The van der Waals surface area contributed by atoms with Crippen LogP contribution in [0.1, 0.15) is 5.56 Å². The number of nitrogens with one attached hydrogen (secondary N) is 1. The van der Waals surface area contributed by atoms with Gasteiger partial charge in [0, 0.05) is 37.8 Å². The van der Waals surface area contributed by atoms with Crippen LogP contribution in [0.2, 0.25) is 0 Å². The van der Waals surface area contributed by atoms with Crippen molar-refractivity contribution in [2.45, 2.75) is 12.6 Å². The molecular formula is C12H13F3N2O2. The highest BCUT2D eigenvalue weighted by Crippen LogP contribution is 2.17. The van der Waals surface area contributed by atoms with Crippen LogP contribution < -0.4 is 5.32 Å². The Balaban J connectivity index is 2.11. The number of nitrogens with zero attached hydrogens (tertiary/aromatic N) is 1. The van der Waals surface area contributed by atoms with Crippen LogP contribution in [0.5, 0.6) is 0 Å². The standard InChI is InChI=1S/C12H13F3N2O2/c13-8-3-7(11(15)9(14)4-8)5-17-2-1-16-10(6-17)12(18)19/h3-4,10,16H,1-2,5-6H2,(H,18,19)/t10-/m0/s1. The van der Waals surface area contributed by atoms with Crippen molar-refractivity contribution in [3.8, 4) is 0 Å². The van der Waals surface area contributed by atoms with Gasteiger partial charge in [0.05, 0.1) is 0 Å². The molecule has 1 fully saturated rings. The van der Waals surface area contributed by atoms with E-state index >= 15 is 0 Å². The lowest BCUT2D eigenvalue weighted by Crippen LogP contribution is -2.53. The third-order valence-electron chi connectivity index (χ3n) is 3.02. The summed E-state index contributed by atoms with van der Waals surface area (Å²) >= 11 is 0. The number of halogens is 3. The van der Waals surface area contributed by atoms with Crippen molar-refractivity contribution >= 4 is 5.97 Å². The molecule has 1 aliphatic heterocycles. The SMILES string of the molecule is O=C(O)[C@@H]1CN(Cc2cc(F)cc(F)c2F)CCN1. The van der Waals surface area contributed by atoms with Crippen LogP contribution in [-0.2, 0) is 11.3 Å². The molecule has 1 atom stereocenters. The summed E-state index contributed by atoms with van der Waals surface area (Å²) in [4.78, 5) is 12.5. The Morgan fingerprint density at radius 3 is 2.84 bits per heavy atom. The molecule has 0 saturated carbocycles. The molecule has 0 radical (unpaired) electrons. The highest BCUT2D eigenvalue weighted by Gasteiger charge is 2.25. The molecule has 0 aliphatic carbocycles. The van der Waals surface area contributed by atoms with Crippen molar-refractivity contribution in [1.82, 2.24) is 10.2 Å². The van der Waals surface area contributed by atoms with Gasteiger partial charge in [-0.3, -0.25) is 9.69 Å². The quantitative estimate of drug-likeness (QED) is 0.806. The summed E-state index contributed by atoms with van der Waals surface area (Å²) < 4.78 is 39.6. The first-order chi connectivity index (χ1) is 8.97. The summed E-state index contributed by atoms with van der Waals surface area (Å²) in [5.74, 6) is -4.18. The van der Waals surface area contributed by atoms with Gasteiger partial charge in [-0.2, -0.15) is 0 Å². The molecule has 4 nitrogen and oxygen atoms in total. The Hall–Kier alpha value is -1.60. The Labute approximate surface area is 107 Å². The molecule has 19 heavy (non-hydrogen) atoms. The number of hydrogen-bond donors (Lipinski definition) is 2. The molecule has 0 spiro atoms. The molecule has 1 aliphatic rings. The van der Waals surface area contributed by atoms with E-state index in [0.717, 1.165) is 6.07 Å². The van der Waals surface area contributed by atoms with Gasteiger partial charge in [-0.15, -0.1) is 0 Å². The summed E-state index contributed by atoms with van der Waals surface area (Å²) in [5, 5.41) is 11.7. The van der Waals surface area contributed by atoms with Crippen LogP contribution >= 0.6 is 0 Å². The first-order valence-corrected chi connectivity index (χ1v) is 5.79. The molecule has 1 heterocycles. The van der Waals surface area contributed by atoms with Gasteiger partial charge < -0.3 is 10.4 Å². The van der Waals surface area contributed by atoms with Crippen LogP contribution in [0, 0.1) is 17.5 Å². The zero-order chi connectivity index (χ0) is 14.0. The summed E-state index contributed by atoms with van der Waals surface area (Å²) in [5.41, 5.74) is -0.108. The second-order valence-electron chi connectivity index (χ2n) is 4.44. The molecule has 7 heteroatoms. The molecule has 104 valence electrons. The zero-order valence-corrected chi connectivity index (χ0v) is 10.00. The van der Waals surface area contributed by atoms with E-state index in [1.807, 2.05) is 0 Å². The number of hydrogen-bond acceptors (Lipinski definition) is 3. The van der Waals surface area contributed by atoms with Crippen molar-refractivity contribution < 1.29 is 23.1 Å². The summed E-state index contributed by atoms with van der Waals surface area (Å²) in [6.45, 7) is 1.05. The predicted molar refractivity (Wildman–Crippen MR) is 61.0 cm³/mol. The number of carbonyl (C=O) groups is 1. The van der Waals surface area contributed by atoms with Crippen LogP contribution in [0.15, 0.2) is 12.1 Å². The van der Waals surface area contributed by atoms with E-state index in [9.17, 15) is 18.0 Å². The normalized spacial score (nSPS) is 20.5. The lowest BCUT2D eigenvalue weighted by molar-refractivity contribution is -0.140. The molecule has 1 aromatic carbocycles. The van der Waals surface area contributed by atoms with Crippen molar-refractivity contribution in [1.29, 1.82) is 0 Å². The van der Waals surface area contributed by atoms with Crippen LogP contribution in [0.3, 0.4) is 0 Å². The minimum absolute atomic E-state index is 0.0219. The molecule has 0 aromatic heterocycles. The van der Waals surface area contributed by atoms with Gasteiger partial charge in [0.15, 0.2) is 11.6 Å². The maximum atomic E-state index is 13.5. The van der Waals surface area contributed by atoms with Crippen molar-refractivity contribution in [2.75, 3.05) is 19.6 Å². The fourth-order valence-electron chi connectivity index (χ4n) is 2.09. The van der Waals surface area contributed by atoms with Crippen molar-refractivity contribution in [3.63, 3.8) is 0 Å². The minimum Gasteiger partial charge on any atom is -0.480 e. The lowest BCUT2D eigenvalue weighted by Gasteiger charge is -2.31. The maximum Gasteiger partial charge on any atom is 0.322 e. The second-order valence-corrected chi connectivity index (χ2v) is 4.44. The molecule has 0 amide bonds. The average Bonchev–Trinajstić information content (AvgIpc) is 2.35. The maximum absolute atomic E-state index is 13.5. The molecule has 2 N–H and O–H groups in total. The van der Waals surface area contributed by atoms with Crippen molar-refractivity contribution in [3.05, 3.63) is 35.1 Å². The summed E-state index contributed by atoms with van der Waals surface area (Å²) in [7, 11) is 0. The smallest absolute Gasteiger partial charge is 0.322 e. The summed E-state index contributed by atoms with van der Waals surface area (Å²) in [6, 6.07) is 0.655. The van der Waals surface area contributed by atoms with Gasteiger partial charge >= 0.3 is 5.97 Å². The van der Waals surface area contributed by atoms with Crippen LogP contribution in [0.4, 0.5) is 13.2 Å². The Bertz CT molecular complexity index is 496. The van der Waals surface area contributed by atoms with E-state index < -0.39 is 29.5 Å². The second kappa shape index (κ2) is 5.58. The highest BCUT2D eigenvalue weighted by atomic mass is 19.2. The average molecular weight is 274 g/mol. The fraction of sp³-hybridized carbons (Fsp3) is 0.417. The van der Waals surface area contributed by atoms with E-state index in [2.05, 4.69) is 5.32 Å². The van der Waals surface area contributed by atoms with Gasteiger partial charge in [-0.25, -0.2) is 13.2 Å². The number of benzene rings is 1. The molecule has 1 aromatic rings. The Kier molecular flexibility index (Phi) is 4.06. The Morgan fingerprint density at radius 2 is 2.16 bits per heavy atom. The number of carboxylic acids is 1. The minimum atomic E-state index is -1.24. The van der Waals surface area contributed by atoms with Crippen LogP contribution in [-0.4, -0.2) is 41.7 Å². The van der Waals surface area contributed by atoms with Gasteiger partial charge in [0.1, 0.15) is 11.9 Å². The van der Waals surface area contributed by atoms with Crippen molar-refractivity contribution in [2.24, 2.45) is 0 Å².